The van der Waals surface area contributed by atoms with Crippen molar-refractivity contribution in [1.29, 1.82) is 0 Å². The van der Waals surface area contributed by atoms with Gasteiger partial charge in [-0.25, -0.2) is 0 Å². The van der Waals surface area contributed by atoms with E-state index in [0.29, 0.717) is 24.3 Å². The number of amides is 2. The predicted molar refractivity (Wildman–Crippen MR) is 99.7 cm³/mol. The van der Waals surface area contributed by atoms with Crippen LogP contribution in [0.25, 0.3) is 0 Å². The van der Waals surface area contributed by atoms with E-state index in [-0.39, 0.29) is 24.5 Å². The van der Waals surface area contributed by atoms with Crippen LogP contribution in [0.2, 0.25) is 0 Å². The van der Waals surface area contributed by atoms with Gasteiger partial charge in [-0.3, -0.25) is 9.59 Å². The van der Waals surface area contributed by atoms with E-state index >= 15 is 0 Å². The van der Waals surface area contributed by atoms with E-state index in [1.807, 2.05) is 18.2 Å². The topological polar surface area (TPSA) is 79.5 Å². The molecule has 1 aromatic carbocycles. The van der Waals surface area contributed by atoms with Gasteiger partial charge in [-0.1, -0.05) is 25.8 Å². The average molecular weight is 347 g/mol. The second-order valence-electron chi connectivity index (χ2n) is 6.40. The molecule has 0 spiro atoms. The molecular formula is C19H29N3O3. The first-order valence-corrected chi connectivity index (χ1v) is 9.19. The number of rotatable bonds is 10. The predicted octanol–water partition coefficient (Wildman–Crippen LogP) is 2.91. The van der Waals surface area contributed by atoms with Gasteiger partial charge < -0.3 is 20.7 Å². The number of carbonyl (C=O) groups is 2. The van der Waals surface area contributed by atoms with Gasteiger partial charge >= 0.3 is 0 Å². The molecule has 1 aliphatic rings. The molecule has 1 saturated heterocycles. The smallest absolute Gasteiger partial charge is 0.238 e. The summed E-state index contributed by atoms with van der Waals surface area (Å²) in [5, 5.41) is 8.83. The van der Waals surface area contributed by atoms with Crippen molar-refractivity contribution in [3.05, 3.63) is 24.3 Å². The van der Waals surface area contributed by atoms with Crippen molar-refractivity contribution < 1.29 is 14.3 Å². The van der Waals surface area contributed by atoms with Crippen LogP contribution in [0.3, 0.4) is 0 Å². The first kappa shape index (κ1) is 19.4. The number of ether oxygens (including phenoxy) is 1. The number of carbonyl (C=O) groups excluding carboxylic acids is 2. The van der Waals surface area contributed by atoms with Crippen molar-refractivity contribution in [2.45, 2.75) is 51.6 Å². The number of unbranched alkanes of at least 4 members (excludes halogenated alkanes) is 2. The molecule has 6 nitrogen and oxygen atoms in total. The third-order valence-corrected chi connectivity index (χ3v) is 4.12. The molecule has 2 amide bonds. The van der Waals surface area contributed by atoms with Crippen LogP contribution in [0.1, 0.15) is 45.4 Å². The van der Waals surface area contributed by atoms with Crippen molar-refractivity contribution in [2.75, 3.05) is 30.3 Å². The summed E-state index contributed by atoms with van der Waals surface area (Å²) in [6, 6.07) is 7.22. The molecule has 1 atom stereocenters. The Hall–Kier alpha value is -1.92. The van der Waals surface area contributed by atoms with E-state index in [0.717, 1.165) is 38.7 Å². The van der Waals surface area contributed by atoms with E-state index in [1.54, 1.807) is 6.07 Å². The Kier molecular flexibility index (Phi) is 8.42. The van der Waals surface area contributed by atoms with Gasteiger partial charge in [0.15, 0.2) is 0 Å². The van der Waals surface area contributed by atoms with Crippen molar-refractivity contribution in [1.82, 2.24) is 5.32 Å². The molecule has 1 aromatic rings. The SMILES string of the molecule is CCCCCC(=O)Nc1cccc(NC(=O)CNCC2CCCO2)c1. The molecule has 2 rings (SSSR count). The van der Waals surface area contributed by atoms with Crippen molar-refractivity contribution in [3.8, 4) is 0 Å². The monoisotopic (exact) mass is 347 g/mol. The summed E-state index contributed by atoms with van der Waals surface area (Å²) in [6.45, 7) is 3.87. The third-order valence-electron chi connectivity index (χ3n) is 4.12. The summed E-state index contributed by atoms with van der Waals surface area (Å²) in [5.74, 6) is -0.0976. The second kappa shape index (κ2) is 10.8. The van der Waals surface area contributed by atoms with Gasteiger partial charge in [0.05, 0.1) is 12.6 Å². The first-order chi connectivity index (χ1) is 12.2. The van der Waals surface area contributed by atoms with Crippen LogP contribution in [-0.4, -0.2) is 37.6 Å². The Balaban J connectivity index is 1.72. The lowest BCUT2D eigenvalue weighted by Crippen LogP contribution is -2.33. The van der Waals surface area contributed by atoms with Crippen LogP contribution < -0.4 is 16.0 Å². The van der Waals surface area contributed by atoms with Crippen LogP contribution in [0.5, 0.6) is 0 Å². The van der Waals surface area contributed by atoms with Crippen molar-refractivity contribution in [2.24, 2.45) is 0 Å². The lowest BCUT2D eigenvalue weighted by Gasteiger charge is -2.11. The third kappa shape index (κ3) is 7.67. The highest BCUT2D eigenvalue weighted by Crippen LogP contribution is 2.16. The zero-order chi connectivity index (χ0) is 17.9. The van der Waals surface area contributed by atoms with Gasteiger partial charge in [0.25, 0.3) is 0 Å². The lowest BCUT2D eigenvalue weighted by molar-refractivity contribution is -0.116. The van der Waals surface area contributed by atoms with Crippen LogP contribution in [0.4, 0.5) is 11.4 Å². The number of benzene rings is 1. The van der Waals surface area contributed by atoms with Gasteiger partial charge in [-0.2, -0.15) is 0 Å². The van der Waals surface area contributed by atoms with Gasteiger partial charge in [-0.05, 0) is 37.5 Å². The number of nitrogens with one attached hydrogen (secondary N) is 3. The van der Waals surface area contributed by atoms with E-state index in [4.69, 9.17) is 4.74 Å². The fraction of sp³-hybridized carbons (Fsp3) is 0.579. The molecule has 0 bridgehead atoms. The minimum atomic E-state index is -0.107. The number of anilines is 2. The molecule has 1 heterocycles. The van der Waals surface area contributed by atoms with Crippen LogP contribution in [0, 0.1) is 0 Å². The summed E-state index contributed by atoms with van der Waals surface area (Å²) in [4.78, 5) is 23.9. The van der Waals surface area contributed by atoms with Crippen LogP contribution >= 0.6 is 0 Å². The molecule has 25 heavy (non-hydrogen) atoms. The summed E-state index contributed by atoms with van der Waals surface area (Å²) in [5.41, 5.74) is 1.38. The average Bonchev–Trinajstić information content (AvgIpc) is 3.09. The fourth-order valence-corrected chi connectivity index (χ4v) is 2.79. The van der Waals surface area contributed by atoms with Gasteiger partial charge in [-0.15, -0.1) is 0 Å². The molecule has 3 N–H and O–H groups in total. The lowest BCUT2D eigenvalue weighted by atomic mass is 10.2. The molecule has 1 fully saturated rings. The van der Waals surface area contributed by atoms with E-state index < -0.39 is 0 Å². The summed E-state index contributed by atoms with van der Waals surface area (Å²) in [6.07, 6.45) is 5.94. The first-order valence-electron chi connectivity index (χ1n) is 9.19. The summed E-state index contributed by atoms with van der Waals surface area (Å²) < 4.78 is 5.51. The van der Waals surface area contributed by atoms with Gasteiger partial charge in [0.2, 0.25) is 11.8 Å². The highest BCUT2D eigenvalue weighted by Gasteiger charge is 2.15. The molecule has 0 radical (unpaired) electrons. The molecule has 138 valence electrons. The normalized spacial score (nSPS) is 16.6. The van der Waals surface area contributed by atoms with Crippen molar-refractivity contribution in [3.63, 3.8) is 0 Å². The second-order valence-corrected chi connectivity index (χ2v) is 6.40. The van der Waals surface area contributed by atoms with Crippen LogP contribution in [-0.2, 0) is 14.3 Å². The zero-order valence-electron chi connectivity index (χ0n) is 15.0. The van der Waals surface area contributed by atoms with E-state index in [2.05, 4.69) is 22.9 Å². The maximum atomic E-state index is 12.0. The quantitative estimate of drug-likeness (QED) is 0.569. The minimum absolute atomic E-state index is 0.00940. The molecular weight excluding hydrogens is 318 g/mol. The zero-order valence-corrected chi connectivity index (χ0v) is 15.0. The van der Waals surface area contributed by atoms with Crippen LogP contribution in [0.15, 0.2) is 24.3 Å². The van der Waals surface area contributed by atoms with Crippen molar-refractivity contribution >= 4 is 23.2 Å². The standard InChI is InChI=1S/C19H29N3O3/c1-2-3-4-10-18(23)21-15-7-5-8-16(12-15)22-19(24)14-20-13-17-9-6-11-25-17/h5,7-8,12,17,20H,2-4,6,9-11,13-14H2,1H3,(H,21,23)(H,22,24). The Morgan fingerprint density at radius 1 is 1.16 bits per heavy atom. The van der Waals surface area contributed by atoms with Gasteiger partial charge in [0, 0.05) is 30.9 Å². The van der Waals surface area contributed by atoms with E-state index in [1.165, 1.54) is 0 Å². The molecule has 0 aromatic heterocycles. The van der Waals surface area contributed by atoms with Gasteiger partial charge in [0.1, 0.15) is 0 Å². The Labute approximate surface area is 149 Å². The maximum Gasteiger partial charge on any atom is 0.238 e. The Bertz CT molecular complexity index is 557. The highest BCUT2D eigenvalue weighted by molar-refractivity contribution is 5.94. The number of hydrogen-bond donors (Lipinski definition) is 3. The fourth-order valence-electron chi connectivity index (χ4n) is 2.79. The summed E-state index contributed by atoms with van der Waals surface area (Å²) in [7, 11) is 0. The Morgan fingerprint density at radius 2 is 1.92 bits per heavy atom. The minimum Gasteiger partial charge on any atom is -0.377 e. The Morgan fingerprint density at radius 3 is 2.60 bits per heavy atom. The molecule has 0 saturated carbocycles. The summed E-state index contributed by atoms with van der Waals surface area (Å²) >= 11 is 0. The maximum absolute atomic E-state index is 12.0. The highest BCUT2D eigenvalue weighted by atomic mass is 16.5. The largest absolute Gasteiger partial charge is 0.377 e. The molecule has 1 aliphatic heterocycles. The molecule has 6 heteroatoms. The number of hydrogen-bond acceptors (Lipinski definition) is 4. The molecule has 1 unspecified atom stereocenters. The van der Waals surface area contributed by atoms with E-state index in [9.17, 15) is 9.59 Å². The molecule has 0 aliphatic carbocycles.